The van der Waals surface area contributed by atoms with Gasteiger partial charge in [-0.15, -0.1) is 0 Å². The molecular formula is C13H22N2O5. The van der Waals surface area contributed by atoms with E-state index < -0.39 is 29.2 Å². The minimum Gasteiger partial charge on any atom is -0.481 e. The van der Waals surface area contributed by atoms with Crippen LogP contribution >= 0.6 is 0 Å². The van der Waals surface area contributed by atoms with Gasteiger partial charge in [0, 0.05) is 6.42 Å². The predicted molar refractivity (Wildman–Crippen MR) is 70.9 cm³/mol. The summed E-state index contributed by atoms with van der Waals surface area (Å²) < 4.78 is 0. The molecule has 0 aromatic heterocycles. The summed E-state index contributed by atoms with van der Waals surface area (Å²) >= 11 is 0. The van der Waals surface area contributed by atoms with Gasteiger partial charge >= 0.3 is 11.9 Å². The number of hydrogen-bond donors (Lipinski definition) is 4. The normalized spacial score (nSPS) is 27.8. The van der Waals surface area contributed by atoms with E-state index >= 15 is 0 Å². The second-order valence-electron chi connectivity index (χ2n) is 5.47. The number of rotatable bonds is 7. The Hall–Kier alpha value is -1.47. The van der Waals surface area contributed by atoms with Gasteiger partial charge in [0.2, 0.25) is 0 Å². The van der Waals surface area contributed by atoms with Crippen LogP contribution in [0.5, 0.6) is 0 Å². The summed E-state index contributed by atoms with van der Waals surface area (Å²) in [6.45, 7) is 0.481. The van der Waals surface area contributed by atoms with E-state index in [-0.39, 0.29) is 31.6 Å². The fourth-order valence-electron chi connectivity index (χ4n) is 2.74. The lowest BCUT2D eigenvalue weighted by molar-refractivity contribution is -0.158. The fraction of sp³-hybridized carbons (Fsp3) is 0.769. The van der Waals surface area contributed by atoms with E-state index in [2.05, 4.69) is 0 Å². The molecule has 0 heterocycles. The van der Waals surface area contributed by atoms with Crippen molar-refractivity contribution >= 4 is 17.7 Å². The highest BCUT2D eigenvalue weighted by Gasteiger charge is 2.49. The van der Waals surface area contributed by atoms with Crippen molar-refractivity contribution in [1.82, 2.24) is 0 Å². The van der Waals surface area contributed by atoms with Crippen LogP contribution in [0.4, 0.5) is 0 Å². The molecule has 0 spiro atoms. The minimum absolute atomic E-state index is 0.0382. The molecular weight excluding hydrogens is 264 g/mol. The predicted octanol–water partition coefficient (Wildman–Crippen LogP) is -0.0325. The Kier molecular flexibility index (Phi) is 5.64. The molecule has 0 aromatic rings. The zero-order valence-electron chi connectivity index (χ0n) is 11.4. The highest BCUT2D eigenvalue weighted by Crippen LogP contribution is 2.40. The van der Waals surface area contributed by atoms with Crippen molar-refractivity contribution in [2.24, 2.45) is 22.8 Å². The molecule has 1 rings (SSSR count). The van der Waals surface area contributed by atoms with Crippen molar-refractivity contribution in [3.63, 3.8) is 0 Å². The number of aliphatic carboxylic acids is 2. The van der Waals surface area contributed by atoms with Crippen LogP contribution in [-0.2, 0) is 14.4 Å². The second-order valence-corrected chi connectivity index (χ2v) is 5.47. The Morgan fingerprint density at radius 1 is 1.20 bits per heavy atom. The molecule has 0 aromatic carbocycles. The van der Waals surface area contributed by atoms with Crippen molar-refractivity contribution in [3.05, 3.63) is 0 Å². The molecule has 20 heavy (non-hydrogen) atoms. The number of ketones is 1. The van der Waals surface area contributed by atoms with Gasteiger partial charge in [0.15, 0.2) is 5.78 Å². The number of carboxylic acids is 2. The number of carbonyl (C=O) groups is 3. The van der Waals surface area contributed by atoms with Crippen LogP contribution in [-0.4, -0.2) is 40.5 Å². The monoisotopic (exact) mass is 286 g/mol. The van der Waals surface area contributed by atoms with Gasteiger partial charge in [-0.05, 0) is 44.6 Å². The Morgan fingerprint density at radius 2 is 1.75 bits per heavy atom. The number of carboxylic acid groups (broad SMARTS) is 2. The Labute approximate surface area is 117 Å². The third-order valence-corrected chi connectivity index (χ3v) is 4.18. The molecule has 7 heteroatoms. The average Bonchev–Trinajstić information content (AvgIpc) is 2.43. The smallest absolute Gasteiger partial charge is 0.317 e. The van der Waals surface area contributed by atoms with Crippen molar-refractivity contribution in [3.8, 4) is 0 Å². The van der Waals surface area contributed by atoms with Gasteiger partial charge in [0.25, 0.3) is 0 Å². The molecule has 0 unspecified atom stereocenters. The van der Waals surface area contributed by atoms with Crippen LogP contribution < -0.4 is 11.5 Å². The highest BCUT2D eigenvalue weighted by molar-refractivity contribution is 6.05. The number of nitrogens with two attached hydrogens (primary N) is 2. The summed E-state index contributed by atoms with van der Waals surface area (Å²) in [7, 11) is 0. The maximum atomic E-state index is 12.3. The van der Waals surface area contributed by atoms with Crippen molar-refractivity contribution < 1.29 is 24.6 Å². The van der Waals surface area contributed by atoms with Crippen LogP contribution in [0.3, 0.4) is 0 Å². The third-order valence-electron chi connectivity index (χ3n) is 4.18. The van der Waals surface area contributed by atoms with E-state index in [1.54, 1.807) is 0 Å². The minimum atomic E-state index is -1.47. The van der Waals surface area contributed by atoms with Gasteiger partial charge in [0.05, 0.1) is 6.04 Å². The maximum Gasteiger partial charge on any atom is 0.317 e. The molecule has 1 atom stereocenters. The van der Waals surface area contributed by atoms with Gasteiger partial charge in [-0.3, -0.25) is 14.4 Å². The van der Waals surface area contributed by atoms with E-state index in [1.807, 2.05) is 0 Å². The summed E-state index contributed by atoms with van der Waals surface area (Å²) in [5, 5.41) is 18.0. The molecule has 1 aliphatic carbocycles. The molecule has 6 N–H and O–H groups in total. The van der Waals surface area contributed by atoms with E-state index in [4.69, 9.17) is 16.6 Å². The standard InChI is InChI=1S/C13H22N2O5/c14-7-8-3-5-13(6-4-8,12(19)20)11(18)9(15)1-2-10(16)17/h8-9H,1-7,14-15H2,(H,16,17)(H,19,20)/t8?,9-,13?/m1/s1. The summed E-state index contributed by atoms with van der Waals surface area (Å²) in [5.41, 5.74) is 9.78. The Bertz CT molecular complexity index is 388. The van der Waals surface area contributed by atoms with Crippen LogP contribution in [0.1, 0.15) is 38.5 Å². The van der Waals surface area contributed by atoms with Gasteiger partial charge in [0.1, 0.15) is 5.41 Å². The molecule has 7 nitrogen and oxygen atoms in total. The summed E-state index contributed by atoms with van der Waals surface area (Å²) in [6.07, 6.45) is 1.34. The highest BCUT2D eigenvalue weighted by atomic mass is 16.4. The first-order chi connectivity index (χ1) is 9.33. The number of hydrogen-bond acceptors (Lipinski definition) is 5. The van der Waals surface area contributed by atoms with E-state index in [0.717, 1.165) is 0 Å². The third kappa shape index (κ3) is 3.55. The van der Waals surface area contributed by atoms with Crippen molar-refractivity contribution in [2.75, 3.05) is 6.54 Å². The quantitative estimate of drug-likeness (QED) is 0.481. The summed E-state index contributed by atoms with van der Waals surface area (Å²) in [4.78, 5) is 34.4. The molecule has 0 amide bonds. The van der Waals surface area contributed by atoms with Crippen LogP contribution in [0.2, 0.25) is 0 Å². The number of carbonyl (C=O) groups excluding carboxylic acids is 1. The molecule has 0 saturated heterocycles. The topological polar surface area (TPSA) is 144 Å². The molecule has 0 radical (unpaired) electrons. The van der Waals surface area contributed by atoms with E-state index in [1.165, 1.54) is 0 Å². The molecule has 114 valence electrons. The zero-order chi connectivity index (χ0) is 15.3. The van der Waals surface area contributed by atoms with Gasteiger partial charge in [-0.1, -0.05) is 0 Å². The lowest BCUT2D eigenvalue weighted by Gasteiger charge is -2.36. The lowest BCUT2D eigenvalue weighted by atomic mass is 9.66. The van der Waals surface area contributed by atoms with E-state index in [9.17, 15) is 19.5 Å². The number of Topliss-reactive ketones (excluding diaryl/α,β-unsaturated/α-hetero) is 1. The maximum absolute atomic E-state index is 12.3. The second kappa shape index (κ2) is 6.81. The van der Waals surface area contributed by atoms with Crippen LogP contribution in [0.25, 0.3) is 0 Å². The summed E-state index contributed by atoms with van der Waals surface area (Å²) in [6, 6.07) is -1.04. The fourth-order valence-corrected chi connectivity index (χ4v) is 2.74. The van der Waals surface area contributed by atoms with Gasteiger partial charge in [-0.2, -0.15) is 0 Å². The molecule has 1 fully saturated rings. The van der Waals surface area contributed by atoms with Crippen molar-refractivity contribution in [2.45, 2.75) is 44.6 Å². The molecule has 0 aliphatic heterocycles. The first-order valence-electron chi connectivity index (χ1n) is 6.78. The van der Waals surface area contributed by atoms with Crippen LogP contribution in [0, 0.1) is 11.3 Å². The molecule has 0 bridgehead atoms. The van der Waals surface area contributed by atoms with Crippen LogP contribution in [0.15, 0.2) is 0 Å². The largest absolute Gasteiger partial charge is 0.481 e. The zero-order valence-corrected chi connectivity index (χ0v) is 11.4. The summed E-state index contributed by atoms with van der Waals surface area (Å²) in [5.74, 6) is -2.53. The Balaban J connectivity index is 2.78. The van der Waals surface area contributed by atoms with Crippen molar-refractivity contribution in [1.29, 1.82) is 0 Å². The molecule has 1 saturated carbocycles. The van der Waals surface area contributed by atoms with Gasteiger partial charge in [-0.25, -0.2) is 0 Å². The Morgan fingerprint density at radius 3 is 2.15 bits per heavy atom. The molecule has 1 aliphatic rings. The first kappa shape index (κ1) is 16.6. The van der Waals surface area contributed by atoms with Gasteiger partial charge < -0.3 is 21.7 Å². The lowest BCUT2D eigenvalue weighted by Crippen LogP contribution is -2.50. The SMILES string of the molecule is NCC1CCC(C(=O)O)(C(=O)[C@H](N)CCC(=O)O)CC1. The first-order valence-corrected chi connectivity index (χ1v) is 6.78. The average molecular weight is 286 g/mol. The van der Waals surface area contributed by atoms with E-state index in [0.29, 0.717) is 19.4 Å².